The molecule has 0 saturated heterocycles. The van der Waals surface area contributed by atoms with Gasteiger partial charge in [-0.3, -0.25) is 0 Å². The first kappa shape index (κ1) is 22.2. The molecule has 0 aliphatic heterocycles. The number of rotatable bonds is 7. The third-order valence-electron chi connectivity index (χ3n) is 4.96. The summed E-state index contributed by atoms with van der Waals surface area (Å²) in [6, 6.07) is 12.5. The lowest BCUT2D eigenvalue weighted by molar-refractivity contribution is 0.483. The van der Waals surface area contributed by atoms with Gasteiger partial charge in [-0.2, -0.15) is 0 Å². The van der Waals surface area contributed by atoms with Gasteiger partial charge in [-0.25, -0.2) is 0 Å². The summed E-state index contributed by atoms with van der Waals surface area (Å²) in [6.45, 7) is 15.8. The lowest BCUT2D eigenvalue weighted by Gasteiger charge is -2.27. The van der Waals surface area contributed by atoms with Gasteiger partial charge in [0.2, 0.25) is 0 Å². The van der Waals surface area contributed by atoms with Crippen molar-refractivity contribution in [1.82, 2.24) is 0 Å². The molecule has 148 valence electrons. The van der Waals surface area contributed by atoms with Crippen LogP contribution in [-0.2, 0) is 0 Å². The van der Waals surface area contributed by atoms with Crippen molar-refractivity contribution in [2.24, 2.45) is 0 Å². The fourth-order valence-corrected chi connectivity index (χ4v) is 9.15. The number of para-hydroxylation sites is 2. The van der Waals surface area contributed by atoms with Crippen molar-refractivity contribution in [1.29, 1.82) is 0 Å². The van der Waals surface area contributed by atoms with E-state index >= 15 is 0 Å². The van der Waals surface area contributed by atoms with Crippen LogP contribution in [0.5, 0.6) is 11.5 Å². The minimum Gasteiger partial charge on any atom is -0.507 e. The van der Waals surface area contributed by atoms with Gasteiger partial charge >= 0.3 is 0 Å². The summed E-state index contributed by atoms with van der Waals surface area (Å²) in [6.07, 6.45) is 3.21. The zero-order valence-electron chi connectivity index (χ0n) is 17.9. The third kappa shape index (κ3) is 5.04. The van der Waals surface area contributed by atoms with Gasteiger partial charge in [0, 0.05) is 10.6 Å². The summed E-state index contributed by atoms with van der Waals surface area (Å²) < 4.78 is 0. The molecule has 0 aliphatic rings. The predicted molar refractivity (Wildman–Crippen MR) is 128 cm³/mol. The summed E-state index contributed by atoms with van der Waals surface area (Å²) in [5.74, 6) is 0.938. The van der Waals surface area contributed by atoms with Gasteiger partial charge in [0.15, 0.2) is 0 Å². The summed E-state index contributed by atoms with van der Waals surface area (Å²) in [4.78, 5) is 0. The van der Waals surface area contributed by atoms with Crippen molar-refractivity contribution < 1.29 is 10.2 Å². The molecular formula is C22H35O2PSi2. The molecule has 0 bridgehead atoms. The van der Waals surface area contributed by atoms with Gasteiger partial charge in [-0.15, -0.1) is 0 Å². The van der Waals surface area contributed by atoms with E-state index in [9.17, 15) is 10.2 Å². The monoisotopic (exact) mass is 418 g/mol. The van der Waals surface area contributed by atoms with Crippen molar-refractivity contribution in [2.75, 3.05) is 6.16 Å². The Kier molecular flexibility index (Phi) is 6.99. The Hall–Kier alpha value is -1.10. The van der Waals surface area contributed by atoms with Crippen LogP contribution >= 0.6 is 7.92 Å². The van der Waals surface area contributed by atoms with E-state index in [0.717, 1.165) is 40.0 Å². The second-order valence-electron chi connectivity index (χ2n) is 9.35. The summed E-state index contributed by atoms with van der Waals surface area (Å²) in [5, 5.41) is 26.6. The van der Waals surface area contributed by atoms with E-state index in [2.05, 4.69) is 82.6 Å². The number of hydrogen-bond acceptors (Lipinski definition) is 2. The maximum atomic E-state index is 11.2. The minimum absolute atomic E-state index is 0.469. The number of aromatic hydroxyl groups is 2. The molecule has 0 atom stereocenters. The first-order valence-corrected chi connectivity index (χ1v) is 18.4. The fourth-order valence-electron chi connectivity index (χ4n) is 3.40. The van der Waals surface area contributed by atoms with Crippen molar-refractivity contribution in [2.45, 2.75) is 59.0 Å². The van der Waals surface area contributed by atoms with E-state index < -0.39 is 24.1 Å². The highest BCUT2D eigenvalue weighted by Crippen LogP contribution is 2.40. The zero-order valence-corrected chi connectivity index (χ0v) is 20.8. The first-order valence-electron chi connectivity index (χ1n) is 9.91. The molecule has 0 aliphatic carbocycles. The average molecular weight is 419 g/mol. The number of phenolic OH excluding ortho intramolecular Hbond substituents is 2. The normalized spacial score (nSPS) is 12.6. The standard InChI is InChI=1S/C22H35O2PSi2/c1-8-9-16-25(17-12-10-14-19(21(17)23)26(2,3)4)18-13-11-15-20(22(18)24)27(5,6)7/h10-15,23-24H,8-9,16H2,1-7H3. The Labute approximate surface area is 168 Å². The van der Waals surface area contributed by atoms with Crippen molar-refractivity contribution in [3.05, 3.63) is 36.4 Å². The second kappa shape index (κ2) is 8.50. The quantitative estimate of drug-likeness (QED) is 0.516. The molecule has 2 aromatic rings. The van der Waals surface area contributed by atoms with Gasteiger partial charge in [0.1, 0.15) is 11.5 Å². The highest BCUT2D eigenvalue weighted by Gasteiger charge is 2.29. The molecule has 0 amide bonds. The molecule has 2 nitrogen and oxygen atoms in total. The molecule has 0 saturated carbocycles. The minimum atomic E-state index is -1.64. The van der Waals surface area contributed by atoms with Crippen LogP contribution in [0.4, 0.5) is 0 Å². The maximum absolute atomic E-state index is 11.2. The van der Waals surface area contributed by atoms with Gasteiger partial charge in [0.05, 0.1) is 16.1 Å². The van der Waals surface area contributed by atoms with E-state index in [1.165, 1.54) is 0 Å². The van der Waals surface area contributed by atoms with Crippen LogP contribution in [0.25, 0.3) is 0 Å². The summed E-state index contributed by atoms with van der Waals surface area (Å²) in [5.41, 5.74) is 0. The smallest absolute Gasteiger partial charge is 0.122 e. The van der Waals surface area contributed by atoms with E-state index in [0.29, 0.717) is 11.5 Å². The molecule has 0 radical (unpaired) electrons. The Morgan fingerprint density at radius 3 is 1.48 bits per heavy atom. The summed E-state index contributed by atoms with van der Waals surface area (Å²) in [7, 11) is -4.05. The fraction of sp³-hybridized carbons (Fsp3) is 0.455. The van der Waals surface area contributed by atoms with Gasteiger partial charge in [-0.1, -0.05) is 89.0 Å². The molecule has 0 unspecified atom stereocenters. The molecule has 0 aromatic heterocycles. The first-order chi connectivity index (χ1) is 12.5. The number of benzene rings is 2. The zero-order chi connectivity index (χ0) is 20.4. The predicted octanol–water partition coefficient (Wildman–Crippen LogP) is 4.42. The largest absolute Gasteiger partial charge is 0.507 e. The molecule has 0 spiro atoms. The Morgan fingerprint density at radius 1 is 0.741 bits per heavy atom. The Balaban J connectivity index is 2.66. The van der Waals surface area contributed by atoms with Crippen molar-refractivity contribution in [3.8, 4) is 11.5 Å². The van der Waals surface area contributed by atoms with Crippen LogP contribution in [0.2, 0.25) is 39.3 Å². The van der Waals surface area contributed by atoms with Crippen LogP contribution in [0.15, 0.2) is 36.4 Å². The average Bonchev–Trinajstić information content (AvgIpc) is 2.55. The lowest BCUT2D eigenvalue weighted by atomic mass is 10.3. The highest BCUT2D eigenvalue weighted by atomic mass is 31.1. The van der Waals surface area contributed by atoms with Gasteiger partial charge in [-0.05, 0) is 30.9 Å². The van der Waals surface area contributed by atoms with Gasteiger partial charge < -0.3 is 10.2 Å². The summed E-state index contributed by atoms with van der Waals surface area (Å²) >= 11 is 0. The number of unbranched alkanes of at least 4 members (excludes halogenated alkanes) is 1. The van der Waals surface area contributed by atoms with Crippen molar-refractivity contribution in [3.63, 3.8) is 0 Å². The molecule has 2 aromatic carbocycles. The van der Waals surface area contributed by atoms with Crippen LogP contribution in [0.1, 0.15) is 19.8 Å². The third-order valence-corrected chi connectivity index (χ3v) is 11.6. The molecule has 2 rings (SSSR count). The number of hydrogen-bond donors (Lipinski definition) is 2. The molecule has 27 heavy (non-hydrogen) atoms. The second-order valence-corrected chi connectivity index (χ2v) is 21.7. The van der Waals surface area contributed by atoms with E-state index in [4.69, 9.17) is 0 Å². The Morgan fingerprint density at radius 2 is 1.15 bits per heavy atom. The van der Waals surface area contributed by atoms with Crippen LogP contribution in [-0.4, -0.2) is 32.5 Å². The highest BCUT2D eigenvalue weighted by molar-refractivity contribution is 7.73. The van der Waals surface area contributed by atoms with Crippen molar-refractivity contribution >= 4 is 45.1 Å². The maximum Gasteiger partial charge on any atom is 0.122 e. The van der Waals surface area contributed by atoms with E-state index in [1.807, 2.05) is 0 Å². The van der Waals surface area contributed by atoms with Crippen LogP contribution in [0.3, 0.4) is 0 Å². The molecule has 0 fully saturated rings. The van der Waals surface area contributed by atoms with Crippen LogP contribution < -0.4 is 21.0 Å². The Bertz CT molecular complexity index is 728. The SMILES string of the molecule is CCCCP(c1cccc([Si](C)(C)C)c1O)c1cccc([Si](C)(C)C)c1O. The van der Waals surface area contributed by atoms with Crippen LogP contribution in [0, 0.1) is 0 Å². The van der Waals surface area contributed by atoms with E-state index in [-0.39, 0.29) is 0 Å². The molecule has 0 heterocycles. The lowest BCUT2D eigenvalue weighted by Crippen LogP contribution is -2.40. The topological polar surface area (TPSA) is 40.5 Å². The van der Waals surface area contributed by atoms with E-state index in [1.54, 1.807) is 0 Å². The molecular weight excluding hydrogens is 383 g/mol. The number of phenols is 2. The molecule has 2 N–H and O–H groups in total. The molecule has 5 heteroatoms. The van der Waals surface area contributed by atoms with Gasteiger partial charge in [0.25, 0.3) is 0 Å².